The zero-order chi connectivity index (χ0) is 19.0. The Morgan fingerprint density at radius 1 is 1.30 bits per heavy atom. The molecule has 138 valence electrons. The predicted molar refractivity (Wildman–Crippen MR) is 101 cm³/mol. The standard InChI is InChI=1S/C21H19FN2O3/c1-3-4-16-11-26-19-9-15(22)6-7-17(19)24(16)10-14-5-8-18-21(13(14)2)23-20(25)12-27-18/h1,5-9,16H,4,10-12H2,2H3,(H,23,25)/t16-/m0/s1. The lowest BCUT2D eigenvalue weighted by molar-refractivity contribution is -0.118. The molecule has 2 aliphatic rings. The molecule has 0 aliphatic carbocycles. The lowest BCUT2D eigenvalue weighted by Gasteiger charge is -2.38. The molecule has 2 aromatic rings. The molecule has 2 heterocycles. The van der Waals surface area contributed by atoms with E-state index in [0.29, 0.717) is 36.8 Å². The van der Waals surface area contributed by atoms with Gasteiger partial charge in [0.05, 0.1) is 17.4 Å². The molecule has 2 aliphatic heterocycles. The quantitative estimate of drug-likeness (QED) is 0.848. The van der Waals surface area contributed by atoms with Crippen LogP contribution < -0.4 is 19.7 Å². The van der Waals surface area contributed by atoms with Crippen LogP contribution in [-0.2, 0) is 11.3 Å². The van der Waals surface area contributed by atoms with E-state index in [2.05, 4.69) is 16.1 Å². The summed E-state index contributed by atoms with van der Waals surface area (Å²) in [4.78, 5) is 13.8. The maximum Gasteiger partial charge on any atom is 0.262 e. The second-order valence-corrected chi connectivity index (χ2v) is 6.67. The number of benzene rings is 2. The molecule has 1 atom stereocenters. The van der Waals surface area contributed by atoms with Gasteiger partial charge in [-0.25, -0.2) is 4.39 Å². The van der Waals surface area contributed by atoms with Crippen LogP contribution in [0, 0.1) is 25.1 Å². The van der Waals surface area contributed by atoms with Crippen LogP contribution in [0.4, 0.5) is 15.8 Å². The number of nitrogens with one attached hydrogen (secondary N) is 1. The number of nitrogens with zero attached hydrogens (tertiary/aromatic N) is 1. The monoisotopic (exact) mass is 366 g/mol. The van der Waals surface area contributed by atoms with Gasteiger partial charge in [0.2, 0.25) is 0 Å². The number of hydrogen-bond donors (Lipinski definition) is 1. The Balaban J connectivity index is 1.71. The van der Waals surface area contributed by atoms with Crippen molar-refractivity contribution < 1.29 is 18.7 Å². The highest BCUT2D eigenvalue weighted by Gasteiger charge is 2.29. The van der Waals surface area contributed by atoms with Crippen LogP contribution in [0.1, 0.15) is 17.5 Å². The fourth-order valence-electron chi connectivity index (χ4n) is 3.51. The van der Waals surface area contributed by atoms with Crippen LogP contribution in [0.3, 0.4) is 0 Å². The molecular formula is C21H19FN2O3. The molecule has 0 aromatic heterocycles. The highest BCUT2D eigenvalue weighted by atomic mass is 19.1. The fourth-order valence-corrected chi connectivity index (χ4v) is 3.51. The number of carbonyl (C=O) groups is 1. The average molecular weight is 366 g/mol. The predicted octanol–water partition coefficient (Wildman–Crippen LogP) is 3.26. The molecule has 0 fully saturated rings. The SMILES string of the molecule is C#CC[C@H]1COc2cc(F)ccc2N1Cc1ccc2c(c1C)NC(=O)CO2. The number of anilines is 2. The Morgan fingerprint density at radius 2 is 2.15 bits per heavy atom. The molecule has 1 amide bonds. The minimum absolute atomic E-state index is 0.0192. The lowest BCUT2D eigenvalue weighted by Crippen LogP contribution is -2.42. The van der Waals surface area contributed by atoms with Gasteiger partial charge in [-0.1, -0.05) is 6.07 Å². The Hall–Kier alpha value is -3.20. The van der Waals surface area contributed by atoms with Crippen LogP contribution in [0.2, 0.25) is 0 Å². The maximum absolute atomic E-state index is 13.6. The summed E-state index contributed by atoms with van der Waals surface area (Å²) in [6.45, 7) is 2.93. The van der Waals surface area contributed by atoms with E-state index in [9.17, 15) is 9.18 Å². The number of carbonyl (C=O) groups excluding carboxylic acids is 1. The first-order valence-electron chi connectivity index (χ1n) is 8.74. The second kappa shape index (κ2) is 6.84. The van der Waals surface area contributed by atoms with Gasteiger partial charge in [-0.2, -0.15) is 0 Å². The minimum Gasteiger partial charge on any atom is -0.489 e. The van der Waals surface area contributed by atoms with Gasteiger partial charge in [-0.05, 0) is 36.2 Å². The molecular weight excluding hydrogens is 347 g/mol. The van der Waals surface area contributed by atoms with Crippen molar-refractivity contribution in [2.75, 3.05) is 23.4 Å². The summed E-state index contributed by atoms with van der Waals surface area (Å²) >= 11 is 0. The third kappa shape index (κ3) is 3.17. The van der Waals surface area contributed by atoms with Crippen LogP contribution in [-0.4, -0.2) is 25.2 Å². The zero-order valence-electron chi connectivity index (χ0n) is 14.9. The number of rotatable bonds is 3. The minimum atomic E-state index is -0.339. The van der Waals surface area contributed by atoms with Crippen LogP contribution in [0.15, 0.2) is 30.3 Å². The van der Waals surface area contributed by atoms with Crippen LogP contribution in [0.5, 0.6) is 11.5 Å². The topological polar surface area (TPSA) is 50.8 Å². The van der Waals surface area contributed by atoms with Gasteiger partial charge in [-0.15, -0.1) is 12.3 Å². The second-order valence-electron chi connectivity index (χ2n) is 6.67. The summed E-state index contributed by atoms with van der Waals surface area (Å²) in [6, 6.07) is 8.35. The summed E-state index contributed by atoms with van der Waals surface area (Å²) in [6.07, 6.45) is 6.05. The molecule has 1 N–H and O–H groups in total. The Labute approximate surface area is 157 Å². The van der Waals surface area contributed by atoms with Crippen molar-refractivity contribution in [2.45, 2.75) is 25.9 Å². The van der Waals surface area contributed by atoms with Crippen molar-refractivity contribution in [1.82, 2.24) is 0 Å². The first kappa shape index (κ1) is 17.2. The zero-order valence-corrected chi connectivity index (χ0v) is 14.9. The van der Waals surface area contributed by atoms with Crippen LogP contribution >= 0.6 is 0 Å². The molecule has 0 saturated carbocycles. The number of terminal acetylenes is 1. The van der Waals surface area contributed by atoms with Gasteiger partial charge in [0, 0.05) is 19.0 Å². The van der Waals surface area contributed by atoms with Gasteiger partial charge in [0.1, 0.15) is 23.9 Å². The summed E-state index contributed by atoms with van der Waals surface area (Å²) in [7, 11) is 0. The van der Waals surface area contributed by atoms with Crippen molar-refractivity contribution in [3.63, 3.8) is 0 Å². The largest absolute Gasteiger partial charge is 0.489 e. The third-order valence-electron chi connectivity index (χ3n) is 4.96. The fraction of sp³-hybridized carbons (Fsp3) is 0.286. The molecule has 6 heteroatoms. The molecule has 0 unspecified atom stereocenters. The number of ether oxygens (including phenoxy) is 2. The number of halogens is 1. The van der Waals surface area contributed by atoms with Crippen molar-refractivity contribution in [1.29, 1.82) is 0 Å². The third-order valence-corrected chi connectivity index (χ3v) is 4.96. The van der Waals surface area contributed by atoms with E-state index in [1.54, 1.807) is 6.07 Å². The van der Waals surface area contributed by atoms with E-state index in [4.69, 9.17) is 15.9 Å². The van der Waals surface area contributed by atoms with Crippen molar-refractivity contribution in [3.8, 4) is 23.8 Å². The smallest absolute Gasteiger partial charge is 0.262 e. The van der Waals surface area contributed by atoms with Gasteiger partial charge < -0.3 is 19.7 Å². The Morgan fingerprint density at radius 3 is 2.96 bits per heavy atom. The summed E-state index contributed by atoms with van der Waals surface area (Å²) < 4.78 is 24.8. The van der Waals surface area contributed by atoms with E-state index in [1.807, 2.05) is 19.1 Å². The highest BCUT2D eigenvalue weighted by molar-refractivity contribution is 5.96. The number of amides is 1. The van der Waals surface area contributed by atoms with Gasteiger partial charge in [0.15, 0.2) is 6.61 Å². The molecule has 2 aromatic carbocycles. The summed E-state index contributed by atoms with van der Waals surface area (Å²) in [5.74, 6) is 3.36. The van der Waals surface area contributed by atoms with Crippen molar-refractivity contribution in [2.24, 2.45) is 0 Å². The van der Waals surface area contributed by atoms with Gasteiger partial charge >= 0.3 is 0 Å². The lowest BCUT2D eigenvalue weighted by atomic mass is 10.0. The first-order valence-corrected chi connectivity index (χ1v) is 8.74. The van der Waals surface area contributed by atoms with E-state index in [0.717, 1.165) is 16.8 Å². The normalized spacial score (nSPS) is 17.7. The van der Waals surface area contributed by atoms with Gasteiger partial charge in [-0.3, -0.25) is 4.79 Å². The molecule has 0 saturated heterocycles. The van der Waals surface area contributed by atoms with Crippen LogP contribution in [0.25, 0.3) is 0 Å². The summed E-state index contributed by atoms with van der Waals surface area (Å²) in [5, 5.41) is 2.88. The van der Waals surface area contributed by atoms with E-state index >= 15 is 0 Å². The molecule has 4 rings (SSSR count). The van der Waals surface area contributed by atoms with Gasteiger partial charge in [0.25, 0.3) is 5.91 Å². The molecule has 27 heavy (non-hydrogen) atoms. The van der Waals surface area contributed by atoms with E-state index in [1.165, 1.54) is 12.1 Å². The summed E-state index contributed by atoms with van der Waals surface area (Å²) in [5.41, 5.74) is 3.47. The number of fused-ring (bicyclic) bond motifs is 2. The van der Waals surface area contributed by atoms with E-state index < -0.39 is 0 Å². The van der Waals surface area contributed by atoms with Crippen molar-refractivity contribution >= 4 is 17.3 Å². The van der Waals surface area contributed by atoms with E-state index in [-0.39, 0.29) is 24.4 Å². The number of hydrogen-bond acceptors (Lipinski definition) is 4. The molecule has 0 spiro atoms. The Bertz CT molecular complexity index is 951. The molecule has 0 radical (unpaired) electrons. The molecule has 5 nitrogen and oxygen atoms in total. The molecule has 0 bridgehead atoms. The highest BCUT2D eigenvalue weighted by Crippen LogP contribution is 2.38. The Kier molecular flexibility index (Phi) is 4.36. The average Bonchev–Trinajstić information content (AvgIpc) is 2.66. The maximum atomic E-state index is 13.6. The first-order chi connectivity index (χ1) is 13.1. The van der Waals surface area contributed by atoms with Crippen molar-refractivity contribution in [3.05, 3.63) is 47.3 Å².